The van der Waals surface area contributed by atoms with E-state index in [1.807, 2.05) is 49.4 Å². The molecule has 0 spiro atoms. The summed E-state index contributed by atoms with van der Waals surface area (Å²) in [5.41, 5.74) is 3.00. The number of carbonyl (C=O) groups excluding carboxylic acids is 1. The van der Waals surface area contributed by atoms with Gasteiger partial charge in [0.05, 0.1) is 17.7 Å². The molecule has 0 saturated carbocycles. The van der Waals surface area contributed by atoms with Crippen molar-refractivity contribution in [3.63, 3.8) is 0 Å². The van der Waals surface area contributed by atoms with Crippen LogP contribution in [0.2, 0.25) is 0 Å². The van der Waals surface area contributed by atoms with Gasteiger partial charge in [-0.05, 0) is 30.7 Å². The number of benzene rings is 1. The molecule has 1 aromatic carbocycles. The van der Waals surface area contributed by atoms with Gasteiger partial charge in [0.15, 0.2) is 0 Å². The molecule has 2 aromatic rings. The highest BCUT2D eigenvalue weighted by molar-refractivity contribution is 5.88. The lowest BCUT2D eigenvalue weighted by Gasteiger charge is -2.16. The smallest absolute Gasteiger partial charge is 0.229 e. The molecule has 2 atom stereocenters. The number of fused-ring (bicyclic) bond motifs is 1. The van der Waals surface area contributed by atoms with Crippen LogP contribution in [0.4, 0.5) is 5.69 Å². The lowest BCUT2D eigenvalue weighted by molar-refractivity contribution is -0.122. The van der Waals surface area contributed by atoms with Crippen molar-refractivity contribution in [2.45, 2.75) is 18.9 Å². The molecule has 3 rings (SSSR count). The Hall–Kier alpha value is -2.36. The Morgan fingerprint density at radius 1 is 1.30 bits per heavy atom. The average molecular weight is 267 g/mol. The fourth-order valence-corrected chi connectivity index (χ4v) is 2.54. The highest BCUT2D eigenvalue weighted by Gasteiger charge is 2.28. The van der Waals surface area contributed by atoms with Gasteiger partial charge in [-0.3, -0.25) is 9.78 Å². The van der Waals surface area contributed by atoms with Gasteiger partial charge in [-0.15, -0.1) is 0 Å². The second-order valence-corrected chi connectivity index (χ2v) is 5.01. The Morgan fingerprint density at radius 2 is 2.10 bits per heavy atom. The molecule has 0 aliphatic carbocycles. The first-order valence-corrected chi connectivity index (χ1v) is 6.80. The van der Waals surface area contributed by atoms with E-state index in [0.717, 1.165) is 16.9 Å². The topological polar surface area (TPSA) is 54.0 Å². The zero-order valence-electron chi connectivity index (χ0n) is 11.3. The molecular formula is C16H17N3O. The average Bonchev–Trinajstić information content (AvgIpc) is 2.92. The van der Waals surface area contributed by atoms with Crippen LogP contribution in [0.3, 0.4) is 0 Å². The SMILES string of the molecule is C[C@H](NC(=O)C1CNc2ccccc21)c1ccccn1. The standard InChI is InChI=1S/C16H17N3O/c1-11(14-7-4-5-9-17-14)19-16(20)13-10-18-15-8-3-2-6-12(13)15/h2-9,11,13,18H,10H2,1H3,(H,19,20)/t11-,13?/m0/s1. The first kappa shape index (κ1) is 12.7. The van der Waals surface area contributed by atoms with Crippen LogP contribution in [-0.2, 0) is 4.79 Å². The van der Waals surface area contributed by atoms with Gasteiger partial charge in [-0.2, -0.15) is 0 Å². The highest BCUT2D eigenvalue weighted by atomic mass is 16.2. The van der Waals surface area contributed by atoms with E-state index in [-0.39, 0.29) is 17.9 Å². The molecule has 0 saturated heterocycles. The Bertz CT molecular complexity index is 612. The van der Waals surface area contributed by atoms with E-state index < -0.39 is 0 Å². The van der Waals surface area contributed by atoms with Gasteiger partial charge >= 0.3 is 0 Å². The van der Waals surface area contributed by atoms with E-state index in [0.29, 0.717) is 6.54 Å². The predicted octanol–water partition coefficient (Wildman–Crippen LogP) is 2.47. The summed E-state index contributed by atoms with van der Waals surface area (Å²) in [4.78, 5) is 16.7. The number of para-hydroxylation sites is 1. The predicted molar refractivity (Wildman–Crippen MR) is 78.5 cm³/mol. The zero-order valence-corrected chi connectivity index (χ0v) is 11.3. The second kappa shape index (κ2) is 5.33. The van der Waals surface area contributed by atoms with Crippen LogP contribution < -0.4 is 10.6 Å². The van der Waals surface area contributed by atoms with Crippen molar-refractivity contribution in [3.05, 3.63) is 59.9 Å². The van der Waals surface area contributed by atoms with Gasteiger partial charge in [0, 0.05) is 18.4 Å². The third-order valence-electron chi connectivity index (χ3n) is 3.64. The van der Waals surface area contributed by atoms with Crippen molar-refractivity contribution in [3.8, 4) is 0 Å². The van der Waals surface area contributed by atoms with Crippen LogP contribution in [0, 0.1) is 0 Å². The summed E-state index contributed by atoms with van der Waals surface area (Å²) in [6.07, 6.45) is 1.74. The van der Waals surface area contributed by atoms with E-state index in [1.54, 1.807) is 6.20 Å². The number of hydrogen-bond acceptors (Lipinski definition) is 3. The Balaban J connectivity index is 1.72. The molecule has 4 heteroatoms. The zero-order chi connectivity index (χ0) is 13.9. The Labute approximate surface area is 118 Å². The molecule has 0 bridgehead atoms. The molecule has 4 nitrogen and oxygen atoms in total. The number of amides is 1. The summed E-state index contributed by atoms with van der Waals surface area (Å²) < 4.78 is 0. The molecule has 102 valence electrons. The Morgan fingerprint density at radius 3 is 2.90 bits per heavy atom. The number of rotatable bonds is 3. The number of nitrogens with zero attached hydrogens (tertiary/aromatic N) is 1. The monoisotopic (exact) mass is 267 g/mol. The number of carbonyl (C=O) groups is 1. The third kappa shape index (κ3) is 2.37. The van der Waals surface area contributed by atoms with Gasteiger partial charge in [0.25, 0.3) is 0 Å². The van der Waals surface area contributed by atoms with Crippen molar-refractivity contribution in [1.29, 1.82) is 0 Å². The molecule has 1 amide bonds. The molecule has 1 aliphatic rings. The summed E-state index contributed by atoms with van der Waals surface area (Å²) in [5, 5.41) is 6.31. The molecule has 20 heavy (non-hydrogen) atoms. The Kier molecular flexibility index (Phi) is 3.37. The van der Waals surface area contributed by atoms with Crippen LogP contribution in [0.25, 0.3) is 0 Å². The van der Waals surface area contributed by atoms with Gasteiger partial charge in [-0.25, -0.2) is 0 Å². The highest BCUT2D eigenvalue weighted by Crippen LogP contribution is 2.31. The molecular weight excluding hydrogens is 250 g/mol. The van der Waals surface area contributed by atoms with Crippen LogP contribution in [0.1, 0.15) is 30.1 Å². The van der Waals surface area contributed by atoms with Crippen molar-refractivity contribution in [2.75, 3.05) is 11.9 Å². The maximum absolute atomic E-state index is 12.4. The fraction of sp³-hybridized carbons (Fsp3) is 0.250. The number of pyridine rings is 1. The maximum Gasteiger partial charge on any atom is 0.229 e. The fourth-order valence-electron chi connectivity index (χ4n) is 2.54. The van der Waals surface area contributed by atoms with Gasteiger partial charge in [0.2, 0.25) is 5.91 Å². The van der Waals surface area contributed by atoms with E-state index in [2.05, 4.69) is 15.6 Å². The minimum atomic E-state index is -0.127. The van der Waals surface area contributed by atoms with Crippen molar-refractivity contribution in [1.82, 2.24) is 10.3 Å². The van der Waals surface area contributed by atoms with Crippen LogP contribution in [0.5, 0.6) is 0 Å². The summed E-state index contributed by atoms with van der Waals surface area (Å²) in [6.45, 7) is 2.61. The summed E-state index contributed by atoms with van der Waals surface area (Å²) in [5.74, 6) is -0.0852. The van der Waals surface area contributed by atoms with E-state index in [9.17, 15) is 4.79 Å². The number of nitrogens with one attached hydrogen (secondary N) is 2. The molecule has 1 unspecified atom stereocenters. The van der Waals surface area contributed by atoms with Gasteiger partial charge in [-0.1, -0.05) is 24.3 Å². The van der Waals surface area contributed by atoms with E-state index in [4.69, 9.17) is 0 Å². The third-order valence-corrected chi connectivity index (χ3v) is 3.64. The largest absolute Gasteiger partial charge is 0.384 e. The molecule has 1 aromatic heterocycles. The molecule has 1 aliphatic heterocycles. The summed E-state index contributed by atoms with van der Waals surface area (Å²) in [6, 6.07) is 13.6. The van der Waals surface area contributed by atoms with Crippen LogP contribution >= 0.6 is 0 Å². The quantitative estimate of drug-likeness (QED) is 0.898. The van der Waals surface area contributed by atoms with Crippen molar-refractivity contribution >= 4 is 11.6 Å². The van der Waals surface area contributed by atoms with Crippen molar-refractivity contribution < 1.29 is 4.79 Å². The minimum Gasteiger partial charge on any atom is -0.384 e. The van der Waals surface area contributed by atoms with E-state index in [1.165, 1.54) is 0 Å². The lowest BCUT2D eigenvalue weighted by Crippen LogP contribution is -2.32. The lowest BCUT2D eigenvalue weighted by atomic mass is 10.00. The number of anilines is 1. The molecule has 2 N–H and O–H groups in total. The number of hydrogen-bond donors (Lipinski definition) is 2. The second-order valence-electron chi connectivity index (χ2n) is 5.01. The molecule has 0 fully saturated rings. The van der Waals surface area contributed by atoms with Crippen molar-refractivity contribution in [2.24, 2.45) is 0 Å². The van der Waals surface area contributed by atoms with Crippen LogP contribution in [-0.4, -0.2) is 17.4 Å². The molecule has 0 radical (unpaired) electrons. The molecule has 2 heterocycles. The summed E-state index contributed by atoms with van der Waals surface area (Å²) >= 11 is 0. The normalized spacial score (nSPS) is 17.9. The van der Waals surface area contributed by atoms with Crippen LogP contribution in [0.15, 0.2) is 48.7 Å². The minimum absolute atomic E-state index is 0.0422. The van der Waals surface area contributed by atoms with Gasteiger partial charge < -0.3 is 10.6 Å². The first-order chi connectivity index (χ1) is 9.75. The number of aromatic nitrogens is 1. The first-order valence-electron chi connectivity index (χ1n) is 6.80. The van der Waals surface area contributed by atoms with E-state index >= 15 is 0 Å². The summed E-state index contributed by atoms with van der Waals surface area (Å²) in [7, 11) is 0. The maximum atomic E-state index is 12.4. The van der Waals surface area contributed by atoms with Gasteiger partial charge in [0.1, 0.15) is 0 Å².